The number of hydrogen-bond donors (Lipinski definition) is 0. The Morgan fingerprint density at radius 2 is 1.71 bits per heavy atom. The molecule has 0 saturated heterocycles. The molecule has 0 aliphatic heterocycles. The van der Waals surface area contributed by atoms with Gasteiger partial charge in [0.1, 0.15) is 0 Å². The van der Waals surface area contributed by atoms with Crippen molar-refractivity contribution in [2.75, 3.05) is 0 Å². The molecule has 1 aromatic rings. The molecule has 14 heavy (non-hydrogen) atoms. The van der Waals surface area contributed by atoms with Gasteiger partial charge in [-0.2, -0.15) is 0 Å². The highest BCUT2D eigenvalue weighted by Crippen LogP contribution is 2.33. The molecule has 1 aromatic carbocycles. The monoisotopic (exact) mass is 190 g/mol. The molecular formula is C14H22. The summed E-state index contributed by atoms with van der Waals surface area (Å²) in [6.45, 7) is 9.27. The van der Waals surface area contributed by atoms with Gasteiger partial charge in [0.2, 0.25) is 0 Å². The van der Waals surface area contributed by atoms with Crippen LogP contribution in [0, 0.1) is 5.92 Å². The molecular weight excluding hydrogens is 168 g/mol. The van der Waals surface area contributed by atoms with E-state index in [4.69, 9.17) is 0 Å². The molecule has 0 nitrogen and oxygen atoms in total. The zero-order valence-corrected chi connectivity index (χ0v) is 9.88. The maximum Gasteiger partial charge on any atom is -0.00754 e. The van der Waals surface area contributed by atoms with E-state index in [-0.39, 0.29) is 0 Å². The zero-order valence-electron chi connectivity index (χ0n) is 9.88. The van der Waals surface area contributed by atoms with E-state index in [0.29, 0.717) is 5.41 Å². The van der Waals surface area contributed by atoms with Gasteiger partial charge in [-0.15, -0.1) is 0 Å². The predicted molar refractivity (Wildman–Crippen MR) is 63.5 cm³/mol. The smallest absolute Gasteiger partial charge is 0.00754 e. The van der Waals surface area contributed by atoms with E-state index >= 15 is 0 Å². The highest BCUT2D eigenvalue weighted by molar-refractivity contribution is 5.24. The van der Waals surface area contributed by atoms with Crippen LogP contribution in [-0.2, 0) is 5.41 Å². The Morgan fingerprint density at radius 1 is 1.14 bits per heavy atom. The van der Waals surface area contributed by atoms with Gasteiger partial charge >= 0.3 is 0 Å². The van der Waals surface area contributed by atoms with Crippen LogP contribution < -0.4 is 0 Å². The van der Waals surface area contributed by atoms with Crippen molar-refractivity contribution in [1.82, 2.24) is 0 Å². The largest absolute Gasteiger partial charge is 0.0645 e. The summed E-state index contributed by atoms with van der Waals surface area (Å²) in [6, 6.07) is 10.9. The molecule has 1 atom stereocenters. The Balaban J connectivity index is 2.90. The molecule has 0 amide bonds. The van der Waals surface area contributed by atoms with Crippen LogP contribution in [0.3, 0.4) is 0 Å². The van der Waals surface area contributed by atoms with Crippen molar-refractivity contribution in [3.8, 4) is 0 Å². The van der Waals surface area contributed by atoms with Crippen LogP contribution in [0.1, 0.15) is 46.1 Å². The van der Waals surface area contributed by atoms with Gasteiger partial charge in [-0.1, -0.05) is 58.0 Å². The van der Waals surface area contributed by atoms with Crippen LogP contribution in [-0.4, -0.2) is 0 Å². The van der Waals surface area contributed by atoms with E-state index in [0.717, 1.165) is 5.92 Å². The summed E-state index contributed by atoms with van der Waals surface area (Å²) in [5, 5.41) is 0. The van der Waals surface area contributed by atoms with Gasteiger partial charge in [0.25, 0.3) is 0 Å². The second-order valence-electron chi connectivity index (χ2n) is 4.88. The first-order valence-corrected chi connectivity index (χ1v) is 5.64. The third-order valence-corrected chi connectivity index (χ3v) is 3.11. The Kier molecular flexibility index (Phi) is 3.74. The van der Waals surface area contributed by atoms with E-state index < -0.39 is 0 Å². The van der Waals surface area contributed by atoms with E-state index in [2.05, 4.69) is 58.0 Å². The van der Waals surface area contributed by atoms with Crippen LogP contribution >= 0.6 is 0 Å². The molecule has 0 aromatic heterocycles. The number of rotatable bonds is 4. The SMILES string of the molecule is CCC(C)(CC(C)C)c1ccccc1. The maximum atomic E-state index is 2.38. The van der Waals surface area contributed by atoms with Gasteiger partial charge in [-0.3, -0.25) is 0 Å². The van der Waals surface area contributed by atoms with Crippen molar-refractivity contribution >= 4 is 0 Å². The summed E-state index contributed by atoms with van der Waals surface area (Å²) < 4.78 is 0. The van der Waals surface area contributed by atoms with Crippen molar-refractivity contribution in [3.05, 3.63) is 35.9 Å². The van der Waals surface area contributed by atoms with Crippen molar-refractivity contribution in [3.63, 3.8) is 0 Å². The minimum Gasteiger partial charge on any atom is -0.0645 e. The molecule has 0 spiro atoms. The number of benzene rings is 1. The Labute approximate surface area is 88.4 Å². The maximum absolute atomic E-state index is 2.38. The van der Waals surface area contributed by atoms with Crippen molar-refractivity contribution in [2.45, 2.75) is 46.0 Å². The molecule has 0 fully saturated rings. The molecule has 1 rings (SSSR count). The van der Waals surface area contributed by atoms with Crippen molar-refractivity contribution in [2.24, 2.45) is 5.92 Å². The topological polar surface area (TPSA) is 0 Å². The van der Waals surface area contributed by atoms with E-state index in [9.17, 15) is 0 Å². The Morgan fingerprint density at radius 3 is 2.14 bits per heavy atom. The minimum absolute atomic E-state index is 0.357. The van der Waals surface area contributed by atoms with E-state index in [1.54, 1.807) is 0 Å². The van der Waals surface area contributed by atoms with Gasteiger partial charge in [0.15, 0.2) is 0 Å². The van der Waals surface area contributed by atoms with Crippen molar-refractivity contribution in [1.29, 1.82) is 0 Å². The molecule has 0 N–H and O–H groups in total. The van der Waals surface area contributed by atoms with Crippen LogP contribution in [0.15, 0.2) is 30.3 Å². The standard InChI is InChI=1S/C14H22/c1-5-14(4,11-12(2)3)13-9-7-6-8-10-13/h6-10,12H,5,11H2,1-4H3. The fourth-order valence-electron chi connectivity index (χ4n) is 2.21. The summed E-state index contributed by atoms with van der Waals surface area (Å²) in [4.78, 5) is 0. The second kappa shape index (κ2) is 4.63. The van der Waals surface area contributed by atoms with Crippen molar-refractivity contribution < 1.29 is 0 Å². The first kappa shape index (κ1) is 11.3. The molecule has 0 radical (unpaired) electrons. The molecule has 0 bridgehead atoms. The minimum atomic E-state index is 0.357. The normalized spacial score (nSPS) is 15.5. The molecule has 1 unspecified atom stereocenters. The quantitative estimate of drug-likeness (QED) is 0.660. The second-order valence-corrected chi connectivity index (χ2v) is 4.88. The van der Waals surface area contributed by atoms with Gasteiger partial charge in [0.05, 0.1) is 0 Å². The molecule has 0 aliphatic rings. The molecule has 0 saturated carbocycles. The third-order valence-electron chi connectivity index (χ3n) is 3.11. The van der Waals surface area contributed by atoms with E-state index in [1.165, 1.54) is 18.4 Å². The molecule has 0 heterocycles. The lowest BCUT2D eigenvalue weighted by atomic mass is 9.74. The van der Waals surface area contributed by atoms with E-state index in [1.807, 2.05) is 0 Å². The fourth-order valence-corrected chi connectivity index (χ4v) is 2.21. The predicted octanol–water partition coefficient (Wildman–Crippen LogP) is 4.40. The van der Waals surface area contributed by atoms with Gasteiger partial charge in [-0.25, -0.2) is 0 Å². The Bertz CT molecular complexity index is 261. The van der Waals surface area contributed by atoms with Crippen LogP contribution in [0.2, 0.25) is 0 Å². The third kappa shape index (κ3) is 2.60. The lowest BCUT2D eigenvalue weighted by Gasteiger charge is -2.30. The lowest BCUT2D eigenvalue weighted by Crippen LogP contribution is -2.22. The summed E-state index contributed by atoms with van der Waals surface area (Å²) in [6.07, 6.45) is 2.49. The van der Waals surface area contributed by atoms with Crippen LogP contribution in [0.4, 0.5) is 0 Å². The first-order chi connectivity index (χ1) is 6.58. The fraction of sp³-hybridized carbons (Fsp3) is 0.571. The zero-order chi connectivity index (χ0) is 10.6. The van der Waals surface area contributed by atoms with Gasteiger partial charge in [-0.05, 0) is 29.7 Å². The summed E-state index contributed by atoms with van der Waals surface area (Å²) >= 11 is 0. The average Bonchev–Trinajstić information content (AvgIpc) is 2.18. The molecule has 78 valence electrons. The van der Waals surface area contributed by atoms with Gasteiger partial charge in [0, 0.05) is 0 Å². The molecule has 0 aliphatic carbocycles. The summed E-state index contributed by atoms with van der Waals surface area (Å²) in [7, 11) is 0. The van der Waals surface area contributed by atoms with Crippen LogP contribution in [0.5, 0.6) is 0 Å². The highest BCUT2D eigenvalue weighted by Gasteiger charge is 2.24. The van der Waals surface area contributed by atoms with Gasteiger partial charge < -0.3 is 0 Å². The number of hydrogen-bond acceptors (Lipinski definition) is 0. The average molecular weight is 190 g/mol. The lowest BCUT2D eigenvalue weighted by molar-refractivity contribution is 0.357. The summed E-state index contributed by atoms with van der Waals surface area (Å²) in [5.41, 5.74) is 1.84. The van der Waals surface area contributed by atoms with Crippen LogP contribution in [0.25, 0.3) is 0 Å². The summed E-state index contributed by atoms with van der Waals surface area (Å²) in [5.74, 6) is 0.764. The first-order valence-electron chi connectivity index (χ1n) is 5.64. The molecule has 0 heteroatoms. The highest BCUT2D eigenvalue weighted by atomic mass is 14.3. The Hall–Kier alpha value is -0.780.